The fraction of sp³-hybridized carbons (Fsp3) is 0.538. The first kappa shape index (κ1) is 12.0. The monoisotopic (exact) mass is 233 g/mol. The van der Waals surface area contributed by atoms with E-state index in [4.69, 9.17) is 5.73 Å². The van der Waals surface area contributed by atoms with E-state index in [1.54, 1.807) is 12.4 Å². The zero-order valence-electron chi connectivity index (χ0n) is 9.93. The highest BCUT2D eigenvalue weighted by Crippen LogP contribution is 2.24. The van der Waals surface area contributed by atoms with Crippen molar-refractivity contribution in [2.24, 2.45) is 11.7 Å². The Morgan fingerprint density at radius 2 is 1.94 bits per heavy atom. The third kappa shape index (κ3) is 3.53. The molecule has 1 aromatic rings. The van der Waals surface area contributed by atoms with Crippen molar-refractivity contribution in [2.45, 2.75) is 38.3 Å². The lowest BCUT2D eigenvalue weighted by molar-refractivity contribution is -0.122. The average molecular weight is 233 g/mol. The highest BCUT2D eigenvalue weighted by molar-refractivity contribution is 5.76. The molecular formula is C13H19N3O. The SMILES string of the molecule is NC(=O)C1CCC(NCc2ccncc2)CC1. The minimum Gasteiger partial charge on any atom is -0.369 e. The summed E-state index contributed by atoms with van der Waals surface area (Å²) >= 11 is 0. The normalized spacial score (nSPS) is 24.5. The summed E-state index contributed by atoms with van der Waals surface area (Å²) in [6.07, 6.45) is 7.53. The summed E-state index contributed by atoms with van der Waals surface area (Å²) in [6, 6.07) is 4.54. The van der Waals surface area contributed by atoms with Crippen LogP contribution in [0.25, 0.3) is 0 Å². The molecule has 0 aromatic carbocycles. The van der Waals surface area contributed by atoms with Gasteiger partial charge in [-0.25, -0.2) is 0 Å². The van der Waals surface area contributed by atoms with Crippen LogP contribution in [-0.4, -0.2) is 16.9 Å². The predicted octanol–water partition coefficient (Wildman–Crippen LogP) is 1.22. The molecule has 1 saturated carbocycles. The number of amides is 1. The summed E-state index contributed by atoms with van der Waals surface area (Å²) in [6.45, 7) is 0.869. The number of carbonyl (C=O) groups is 1. The second-order valence-electron chi connectivity index (χ2n) is 4.69. The summed E-state index contributed by atoms with van der Waals surface area (Å²) in [5.41, 5.74) is 6.56. The smallest absolute Gasteiger partial charge is 0.220 e. The van der Waals surface area contributed by atoms with Crippen LogP contribution in [0.1, 0.15) is 31.2 Å². The van der Waals surface area contributed by atoms with E-state index in [-0.39, 0.29) is 11.8 Å². The van der Waals surface area contributed by atoms with Gasteiger partial charge in [-0.1, -0.05) is 0 Å². The van der Waals surface area contributed by atoms with Gasteiger partial charge in [-0.05, 0) is 43.4 Å². The van der Waals surface area contributed by atoms with Crippen molar-refractivity contribution in [3.8, 4) is 0 Å². The molecule has 2 rings (SSSR count). The third-order valence-electron chi connectivity index (χ3n) is 3.47. The summed E-state index contributed by atoms with van der Waals surface area (Å²) in [4.78, 5) is 15.0. The van der Waals surface area contributed by atoms with Gasteiger partial charge in [-0.15, -0.1) is 0 Å². The van der Waals surface area contributed by atoms with E-state index in [1.807, 2.05) is 12.1 Å². The fourth-order valence-corrected chi connectivity index (χ4v) is 2.34. The Hall–Kier alpha value is -1.42. The summed E-state index contributed by atoms with van der Waals surface area (Å²) in [7, 11) is 0. The summed E-state index contributed by atoms with van der Waals surface area (Å²) < 4.78 is 0. The number of nitrogens with two attached hydrogens (primary N) is 1. The number of aromatic nitrogens is 1. The quantitative estimate of drug-likeness (QED) is 0.821. The molecule has 0 aliphatic heterocycles. The Morgan fingerprint density at radius 3 is 2.53 bits per heavy atom. The second-order valence-corrected chi connectivity index (χ2v) is 4.69. The molecule has 0 spiro atoms. The molecule has 4 heteroatoms. The van der Waals surface area contributed by atoms with Crippen LogP contribution in [0.15, 0.2) is 24.5 Å². The molecule has 0 atom stereocenters. The topological polar surface area (TPSA) is 68.0 Å². The molecule has 3 N–H and O–H groups in total. The average Bonchev–Trinajstić information content (AvgIpc) is 2.38. The van der Waals surface area contributed by atoms with Crippen molar-refractivity contribution in [1.82, 2.24) is 10.3 Å². The van der Waals surface area contributed by atoms with Gasteiger partial charge in [0, 0.05) is 30.9 Å². The molecule has 4 nitrogen and oxygen atoms in total. The van der Waals surface area contributed by atoms with Crippen molar-refractivity contribution in [1.29, 1.82) is 0 Å². The molecular weight excluding hydrogens is 214 g/mol. The van der Waals surface area contributed by atoms with Crippen LogP contribution in [0.3, 0.4) is 0 Å². The van der Waals surface area contributed by atoms with Crippen LogP contribution in [0, 0.1) is 5.92 Å². The van der Waals surface area contributed by atoms with E-state index < -0.39 is 0 Å². The highest BCUT2D eigenvalue weighted by atomic mass is 16.1. The van der Waals surface area contributed by atoms with Crippen LogP contribution in [-0.2, 0) is 11.3 Å². The Kier molecular flexibility index (Phi) is 4.09. The van der Waals surface area contributed by atoms with Crippen molar-refractivity contribution >= 4 is 5.91 Å². The van der Waals surface area contributed by atoms with E-state index in [0.717, 1.165) is 32.2 Å². The summed E-state index contributed by atoms with van der Waals surface area (Å²) in [5, 5.41) is 3.52. The van der Waals surface area contributed by atoms with Crippen LogP contribution >= 0.6 is 0 Å². The lowest BCUT2D eigenvalue weighted by Gasteiger charge is -2.27. The van der Waals surface area contributed by atoms with Crippen molar-refractivity contribution < 1.29 is 4.79 Å². The molecule has 92 valence electrons. The molecule has 1 aliphatic rings. The zero-order chi connectivity index (χ0) is 12.1. The van der Waals surface area contributed by atoms with Gasteiger partial charge in [0.15, 0.2) is 0 Å². The Morgan fingerprint density at radius 1 is 1.29 bits per heavy atom. The minimum absolute atomic E-state index is 0.0916. The summed E-state index contributed by atoms with van der Waals surface area (Å²) in [5.74, 6) is -0.0495. The van der Waals surface area contributed by atoms with E-state index in [9.17, 15) is 4.79 Å². The van der Waals surface area contributed by atoms with Crippen LogP contribution < -0.4 is 11.1 Å². The standard InChI is InChI=1S/C13H19N3O/c14-13(17)11-1-3-12(4-2-11)16-9-10-5-7-15-8-6-10/h5-8,11-12,16H,1-4,9H2,(H2,14,17). The van der Waals surface area contributed by atoms with Gasteiger partial charge < -0.3 is 11.1 Å². The number of rotatable bonds is 4. The maximum Gasteiger partial charge on any atom is 0.220 e. The van der Waals surface area contributed by atoms with Gasteiger partial charge in [0.2, 0.25) is 5.91 Å². The van der Waals surface area contributed by atoms with Gasteiger partial charge in [-0.3, -0.25) is 9.78 Å². The zero-order valence-corrected chi connectivity index (χ0v) is 9.93. The molecule has 0 radical (unpaired) electrons. The molecule has 1 aliphatic carbocycles. The van der Waals surface area contributed by atoms with E-state index in [1.165, 1.54) is 5.56 Å². The predicted molar refractivity (Wildman–Crippen MR) is 66.0 cm³/mol. The Bertz CT molecular complexity index is 358. The molecule has 1 heterocycles. The van der Waals surface area contributed by atoms with Crippen LogP contribution in [0.5, 0.6) is 0 Å². The Balaban J connectivity index is 1.74. The highest BCUT2D eigenvalue weighted by Gasteiger charge is 2.24. The van der Waals surface area contributed by atoms with Gasteiger partial charge in [-0.2, -0.15) is 0 Å². The molecule has 0 unspecified atom stereocenters. The van der Waals surface area contributed by atoms with Gasteiger partial charge in [0.1, 0.15) is 0 Å². The van der Waals surface area contributed by atoms with Crippen molar-refractivity contribution in [3.63, 3.8) is 0 Å². The van der Waals surface area contributed by atoms with Crippen molar-refractivity contribution in [2.75, 3.05) is 0 Å². The number of hydrogen-bond acceptors (Lipinski definition) is 3. The second kappa shape index (κ2) is 5.77. The van der Waals surface area contributed by atoms with E-state index in [2.05, 4.69) is 10.3 Å². The van der Waals surface area contributed by atoms with Gasteiger partial charge >= 0.3 is 0 Å². The van der Waals surface area contributed by atoms with Gasteiger partial charge in [0.05, 0.1) is 0 Å². The number of hydrogen-bond donors (Lipinski definition) is 2. The molecule has 0 bridgehead atoms. The lowest BCUT2D eigenvalue weighted by Crippen LogP contribution is -2.36. The molecule has 1 aromatic heterocycles. The van der Waals surface area contributed by atoms with E-state index >= 15 is 0 Å². The Labute approximate surface area is 102 Å². The third-order valence-corrected chi connectivity index (χ3v) is 3.47. The first-order valence-corrected chi connectivity index (χ1v) is 6.17. The number of nitrogens with zero attached hydrogens (tertiary/aromatic N) is 1. The number of nitrogens with one attached hydrogen (secondary N) is 1. The maximum atomic E-state index is 11.0. The van der Waals surface area contributed by atoms with Crippen LogP contribution in [0.2, 0.25) is 0 Å². The number of pyridine rings is 1. The first-order chi connectivity index (χ1) is 8.25. The van der Waals surface area contributed by atoms with E-state index in [0.29, 0.717) is 6.04 Å². The number of primary amides is 1. The first-order valence-electron chi connectivity index (χ1n) is 6.17. The van der Waals surface area contributed by atoms with Gasteiger partial charge in [0.25, 0.3) is 0 Å². The lowest BCUT2D eigenvalue weighted by atomic mass is 9.85. The molecule has 0 saturated heterocycles. The largest absolute Gasteiger partial charge is 0.369 e. The fourth-order valence-electron chi connectivity index (χ4n) is 2.34. The molecule has 1 amide bonds. The molecule has 17 heavy (non-hydrogen) atoms. The minimum atomic E-state index is -0.141. The van der Waals surface area contributed by atoms with Crippen molar-refractivity contribution in [3.05, 3.63) is 30.1 Å². The maximum absolute atomic E-state index is 11.0. The van der Waals surface area contributed by atoms with Crippen LogP contribution in [0.4, 0.5) is 0 Å². The number of carbonyl (C=O) groups excluding carboxylic acids is 1. The molecule has 1 fully saturated rings.